The average molecular weight is 1610 g/mol. The lowest BCUT2D eigenvalue weighted by Crippen LogP contribution is -2.62. The highest BCUT2D eigenvalue weighted by atomic mass is 16.4. The van der Waals surface area contributed by atoms with Crippen LogP contribution in [0.25, 0.3) is 21.8 Å². The number of aliphatic hydroxyl groups is 9. The third-order valence-corrected chi connectivity index (χ3v) is 21.2. The molecular weight excluding hydrogens is 1500 g/mol. The number of aromatic hydroxyl groups is 1. The second-order valence-corrected chi connectivity index (χ2v) is 30.4. The lowest BCUT2D eigenvalue weighted by atomic mass is 9.86. The minimum Gasteiger partial charge on any atom is -0.508 e. The first-order chi connectivity index (χ1) is 54.5. The first-order valence-electron chi connectivity index (χ1n) is 38.2. The van der Waals surface area contributed by atoms with Crippen LogP contribution in [0.15, 0.2) is 85.2 Å². The first-order valence-corrected chi connectivity index (χ1v) is 38.2. The normalized spacial score (nSPS) is 24.8. The molecule has 3 fully saturated rings. The topological polar surface area (TPSA) is 583 Å². The molecule has 2 aromatic heterocycles. The molecule has 1 unspecified atom stereocenters. The van der Waals surface area contributed by atoms with Crippen molar-refractivity contribution >= 4 is 92.8 Å². The number of carboxylic acid groups (broad SMARTS) is 1. The zero-order valence-corrected chi connectivity index (χ0v) is 64.9. The van der Waals surface area contributed by atoms with E-state index >= 15 is 24.0 Å². The number of benzene rings is 3. The molecule has 0 aliphatic carbocycles. The van der Waals surface area contributed by atoms with Crippen molar-refractivity contribution in [1.82, 2.24) is 71.7 Å². The number of aliphatic hydroxyl groups excluding tert-OH is 9. The van der Waals surface area contributed by atoms with Crippen LogP contribution in [0, 0.1) is 11.8 Å². The standard InChI is InChI=1S/C77H109N15O23/c1-39(2)24-53-77(115)92-35-45(96)28-59(92)73(111)83-52(26-42-30-80-49-14-9-7-12-46(42)49)70(108)82-51(69(107)86-54(75(113)88(4)5)27-43-34-90(36-65(102)103)57-15-10-8-13-47(43)57)22-21-50(81-33-61(98)67(105)63(100)38-94)48(25-41-17-19-44(95)20-18-41)74(112)89(6)40(3)68(106)84-55(29-64(78)101)76(114)91-23-11-16-58(91)72(110)87-56(71(109)85-53)31-79-32-60(97)66(104)62(99)37-93/h7-10,12-15,17-20,30,34,39-40,45,48,50-56,58-63,66-67,79-81,93-100,104-105H,11,16,21-29,31-33,35-38H2,1-6H3,(H2,78,101)(H,82,108)(H,83,111)(H,84,106)(H,85,109)(H,86,107)(H,87,110)(H,102,103)/t40-,45+,48+,50?,51-,52-,53-,54-,55-,56-,58-,59-,60+,61+,62+,63+,66-,67-/m0/s1. The summed E-state index contributed by atoms with van der Waals surface area (Å²) in [5.41, 5.74) is 7.97. The lowest BCUT2D eigenvalue weighted by molar-refractivity contribution is -0.146. The van der Waals surface area contributed by atoms with Crippen molar-refractivity contribution in [2.45, 2.75) is 195 Å². The highest BCUT2D eigenvalue weighted by molar-refractivity contribution is 6.00. The number of carbonyl (C=O) groups excluding carboxylic acids is 11. The van der Waals surface area contributed by atoms with Gasteiger partial charge in [0.2, 0.25) is 65.0 Å². The quantitative estimate of drug-likeness (QED) is 0.0222. The Morgan fingerprint density at radius 1 is 0.661 bits per heavy atom. The van der Waals surface area contributed by atoms with E-state index < -0.39 is 258 Å². The molecule has 0 spiro atoms. The number of likely N-dealkylation sites (N-methyl/N-ethyl adjacent to an activating group) is 2. The number of fused-ring (bicyclic) bond motifs is 4. The fourth-order valence-electron chi connectivity index (χ4n) is 14.8. The molecule has 3 aliphatic heterocycles. The average Bonchev–Trinajstić information content (AvgIpc) is 1.70. The molecule has 18 atom stereocenters. The molecule has 0 radical (unpaired) electrons. The largest absolute Gasteiger partial charge is 0.508 e. The molecule has 38 nitrogen and oxygen atoms in total. The van der Waals surface area contributed by atoms with E-state index in [1.165, 1.54) is 68.0 Å². The molecule has 0 bridgehead atoms. The van der Waals surface area contributed by atoms with Crippen LogP contribution >= 0.6 is 0 Å². The molecule has 3 aliphatic rings. The van der Waals surface area contributed by atoms with Gasteiger partial charge in [-0.2, -0.15) is 0 Å². The van der Waals surface area contributed by atoms with Crippen molar-refractivity contribution < 1.29 is 114 Å². The van der Waals surface area contributed by atoms with Gasteiger partial charge in [-0.25, -0.2) is 0 Å². The smallest absolute Gasteiger partial charge is 0.323 e. The Balaban J connectivity index is 1.30. The number of carbonyl (C=O) groups is 12. The number of aliphatic carboxylic acids is 1. The van der Waals surface area contributed by atoms with Gasteiger partial charge >= 0.3 is 5.97 Å². The van der Waals surface area contributed by atoms with Gasteiger partial charge in [0.1, 0.15) is 91.1 Å². The second kappa shape index (κ2) is 41.3. The Hall–Kier alpha value is -10.3. The van der Waals surface area contributed by atoms with Crippen molar-refractivity contribution in [2.24, 2.45) is 17.6 Å². The molecule has 0 saturated carbocycles. The SMILES string of the molecule is CC(C)C[C@@H]1NC(=O)[C@H](CNC[C@@H](O)[C@H](O)[C@H](O)CO)NC(=O)[C@@H]2CCCN2C(=O)[C@H](CC(N)=O)NC(=O)[C@H](C)N(C)C(=O)[C@H](Cc2ccc(O)cc2)C(NC[C@@H](O)[C@H](O)[C@H](O)CO)CC[C@@H](C(=O)N[C@@H](Cc2cn(CC(=O)O)c3ccccc23)C(=O)N(C)C)NC(=O)[C@H](Cc2c[nH]c3ccccc23)NC(=O)[C@@H]2C[C@@H](O)CN2C1=O. The molecule has 3 aromatic carbocycles. The minimum absolute atomic E-state index is 0.0736. The van der Waals surface area contributed by atoms with Gasteiger partial charge in [0, 0.05) is 113 Å². The van der Waals surface area contributed by atoms with Crippen molar-refractivity contribution in [3.63, 3.8) is 0 Å². The van der Waals surface area contributed by atoms with Gasteiger partial charge in [-0.15, -0.1) is 0 Å². The number of H-pyrrole nitrogens is 1. The molecule has 22 N–H and O–H groups in total. The summed E-state index contributed by atoms with van der Waals surface area (Å²) < 4.78 is 1.44. The number of rotatable bonds is 28. The first kappa shape index (κ1) is 90.3. The maximum absolute atomic E-state index is 15.9. The van der Waals surface area contributed by atoms with Gasteiger partial charge in [0.25, 0.3) is 0 Å². The third-order valence-electron chi connectivity index (χ3n) is 21.2. The molecule has 11 amide bonds. The molecule has 8 rings (SSSR count). The maximum atomic E-state index is 15.9. The number of hydrogen-bond donors (Lipinski definition) is 21. The highest BCUT2D eigenvalue weighted by Gasteiger charge is 2.46. The van der Waals surface area contributed by atoms with E-state index in [1.54, 1.807) is 68.6 Å². The van der Waals surface area contributed by atoms with Crippen LogP contribution < -0.4 is 48.3 Å². The molecule has 3 saturated heterocycles. The van der Waals surface area contributed by atoms with Gasteiger partial charge in [0.05, 0.1) is 43.9 Å². The summed E-state index contributed by atoms with van der Waals surface area (Å²) in [4.78, 5) is 185. The number of phenolic OH excluding ortho intramolecular Hbond substituents is 1. The van der Waals surface area contributed by atoms with E-state index in [0.717, 1.165) is 14.7 Å². The number of para-hydroxylation sites is 2. The molecule has 630 valence electrons. The Morgan fingerprint density at radius 2 is 1.26 bits per heavy atom. The minimum atomic E-state index is -2.04. The predicted octanol–water partition coefficient (Wildman–Crippen LogP) is -6.23. The zero-order chi connectivity index (χ0) is 84.4. The number of nitrogens with zero attached hydrogens (tertiary/aromatic N) is 5. The summed E-state index contributed by atoms with van der Waals surface area (Å²) in [6.45, 7) is -0.383. The van der Waals surface area contributed by atoms with E-state index in [2.05, 4.69) is 47.5 Å². The summed E-state index contributed by atoms with van der Waals surface area (Å²) in [6, 6.07) is 2.84. The molecule has 5 aromatic rings. The van der Waals surface area contributed by atoms with E-state index in [4.69, 9.17) is 5.73 Å². The second-order valence-electron chi connectivity index (χ2n) is 30.4. The van der Waals surface area contributed by atoms with E-state index in [1.807, 2.05) is 0 Å². The zero-order valence-electron chi connectivity index (χ0n) is 64.9. The molecular formula is C77H109N15O23. The van der Waals surface area contributed by atoms with Gasteiger partial charge in [0.15, 0.2) is 0 Å². The van der Waals surface area contributed by atoms with E-state index in [0.29, 0.717) is 38.5 Å². The van der Waals surface area contributed by atoms with Gasteiger partial charge in [-0.1, -0.05) is 62.4 Å². The van der Waals surface area contributed by atoms with Gasteiger partial charge in [-0.3, -0.25) is 57.5 Å². The third kappa shape index (κ3) is 23.7. The maximum Gasteiger partial charge on any atom is 0.323 e. The van der Waals surface area contributed by atoms with Crippen molar-refractivity contribution in [1.29, 1.82) is 0 Å². The van der Waals surface area contributed by atoms with Crippen molar-refractivity contribution in [3.8, 4) is 5.75 Å². The van der Waals surface area contributed by atoms with Crippen LogP contribution in [0.2, 0.25) is 0 Å². The van der Waals surface area contributed by atoms with E-state index in [-0.39, 0.29) is 50.8 Å². The number of nitrogens with one attached hydrogen (secondary N) is 9. The van der Waals surface area contributed by atoms with Crippen molar-refractivity contribution in [2.75, 3.05) is 67.1 Å². The summed E-state index contributed by atoms with van der Waals surface area (Å²) in [6.07, 6.45) is -13.1. The Bertz CT molecular complexity index is 4240. The summed E-state index contributed by atoms with van der Waals surface area (Å²) in [5.74, 6) is -14.3. The summed E-state index contributed by atoms with van der Waals surface area (Å²) in [7, 11) is 4.04. The number of amides is 11. The van der Waals surface area contributed by atoms with Gasteiger partial charge in [-0.05, 0) is 92.3 Å². The fourth-order valence-corrected chi connectivity index (χ4v) is 14.8. The number of hydrogen-bond acceptors (Lipinski definition) is 24. The van der Waals surface area contributed by atoms with Gasteiger partial charge < -0.3 is 134 Å². The van der Waals surface area contributed by atoms with E-state index in [9.17, 15) is 89.7 Å². The summed E-state index contributed by atoms with van der Waals surface area (Å²) >= 11 is 0. The predicted molar refractivity (Wildman–Crippen MR) is 411 cm³/mol. The number of nitrogens with two attached hydrogens (primary N) is 1. The number of aromatic amines is 1. The van der Waals surface area contributed by atoms with Crippen LogP contribution in [0.4, 0.5) is 0 Å². The fraction of sp³-hybridized carbons (Fsp3) is 0.558. The number of phenols is 1. The number of aromatic nitrogens is 2. The van der Waals surface area contributed by atoms with Crippen molar-refractivity contribution in [3.05, 3.63) is 102 Å². The van der Waals surface area contributed by atoms with Crippen LogP contribution in [-0.4, -0.2) is 326 Å². The molecule has 5 heterocycles. The Labute approximate surface area is 662 Å². The number of carboxylic acids is 1. The van der Waals surface area contributed by atoms with Crippen LogP contribution in [-0.2, 0) is 83.3 Å². The summed E-state index contributed by atoms with van der Waals surface area (Å²) in [5, 5.41) is 139. The Morgan fingerprint density at radius 3 is 1.90 bits per heavy atom. The molecule has 38 heteroatoms. The van der Waals surface area contributed by atoms with Crippen LogP contribution in [0.1, 0.15) is 82.4 Å². The monoisotopic (exact) mass is 1610 g/mol. The lowest BCUT2D eigenvalue weighted by Gasteiger charge is -2.35. The highest BCUT2D eigenvalue weighted by Crippen LogP contribution is 2.29. The Kier molecular flexibility index (Phi) is 32.5. The number of primary amides is 1. The molecule has 115 heavy (non-hydrogen) atoms. The van der Waals surface area contributed by atoms with Crippen LogP contribution in [0.5, 0.6) is 5.75 Å². The van der Waals surface area contributed by atoms with Crippen LogP contribution in [0.3, 0.4) is 0 Å².